The minimum absolute atomic E-state index is 0.174. The van der Waals surface area contributed by atoms with Crippen LogP contribution in [-0.4, -0.2) is 16.0 Å². The Bertz CT molecular complexity index is 683. The normalized spacial score (nSPS) is 16.6. The van der Waals surface area contributed by atoms with E-state index in [4.69, 9.17) is 12.2 Å². The number of nitrogens with zero attached hydrogens (tertiary/aromatic N) is 2. The van der Waals surface area contributed by atoms with Crippen molar-refractivity contribution >= 4 is 35.0 Å². The Morgan fingerprint density at radius 2 is 1.85 bits per heavy atom. The summed E-state index contributed by atoms with van der Waals surface area (Å²) in [6.07, 6.45) is 3.37. The zero-order valence-corrected chi connectivity index (χ0v) is 11.3. The second-order valence-corrected chi connectivity index (χ2v) is 4.61. The van der Waals surface area contributed by atoms with E-state index < -0.39 is 0 Å². The van der Waals surface area contributed by atoms with Gasteiger partial charge in [0.15, 0.2) is 5.11 Å². The number of hydrogen-bond acceptors (Lipinski definition) is 3. The fourth-order valence-corrected chi connectivity index (χ4v) is 2.25. The molecule has 0 aliphatic carbocycles. The van der Waals surface area contributed by atoms with Crippen molar-refractivity contribution in [1.82, 2.24) is 10.3 Å². The quantitative estimate of drug-likeness (QED) is 0.678. The second kappa shape index (κ2) is 5.22. The molecule has 98 valence electrons. The molecule has 20 heavy (non-hydrogen) atoms. The largest absolute Gasteiger partial charge is 0.327 e. The van der Waals surface area contributed by atoms with Gasteiger partial charge in [0.05, 0.1) is 11.4 Å². The Morgan fingerprint density at radius 3 is 2.55 bits per heavy atom. The Balaban J connectivity index is 1.93. The van der Waals surface area contributed by atoms with E-state index in [-0.39, 0.29) is 5.91 Å². The number of anilines is 1. The third-order valence-electron chi connectivity index (χ3n) is 2.87. The first-order valence-corrected chi connectivity index (χ1v) is 6.50. The number of nitrogens with one attached hydrogen (secondary N) is 1. The molecule has 0 spiro atoms. The zero-order chi connectivity index (χ0) is 13.9. The molecule has 1 aromatic heterocycles. The highest BCUT2D eigenvalue weighted by atomic mass is 32.1. The fourth-order valence-electron chi connectivity index (χ4n) is 1.96. The maximum atomic E-state index is 12.4. The third-order valence-corrected chi connectivity index (χ3v) is 3.16. The van der Waals surface area contributed by atoms with Gasteiger partial charge in [-0.15, -0.1) is 0 Å². The molecule has 1 aliphatic heterocycles. The van der Waals surface area contributed by atoms with Gasteiger partial charge in [0.2, 0.25) is 0 Å². The lowest BCUT2D eigenvalue weighted by Crippen LogP contribution is -2.30. The van der Waals surface area contributed by atoms with E-state index in [2.05, 4.69) is 10.3 Å². The number of carbonyl (C=O) groups is 1. The summed E-state index contributed by atoms with van der Waals surface area (Å²) in [6, 6.07) is 14.8. The van der Waals surface area contributed by atoms with Gasteiger partial charge in [-0.25, -0.2) is 0 Å². The molecule has 0 saturated carbocycles. The number of pyridine rings is 1. The number of para-hydroxylation sites is 1. The Morgan fingerprint density at radius 1 is 1.10 bits per heavy atom. The molecule has 0 radical (unpaired) electrons. The molecule has 5 heteroatoms. The lowest BCUT2D eigenvalue weighted by atomic mass is 10.2. The van der Waals surface area contributed by atoms with Gasteiger partial charge in [-0.2, -0.15) is 0 Å². The van der Waals surface area contributed by atoms with Crippen molar-refractivity contribution < 1.29 is 4.79 Å². The molecule has 1 fully saturated rings. The first-order chi connectivity index (χ1) is 9.75. The van der Waals surface area contributed by atoms with E-state index in [0.717, 1.165) is 5.69 Å². The maximum absolute atomic E-state index is 12.4. The van der Waals surface area contributed by atoms with Gasteiger partial charge in [0.25, 0.3) is 5.91 Å². The van der Waals surface area contributed by atoms with Crippen LogP contribution in [0.15, 0.2) is 60.4 Å². The Labute approximate surface area is 121 Å². The van der Waals surface area contributed by atoms with Gasteiger partial charge in [-0.1, -0.05) is 24.3 Å². The number of rotatable bonds is 2. The summed E-state index contributed by atoms with van der Waals surface area (Å²) in [6.45, 7) is 0. The predicted octanol–water partition coefficient (Wildman–Crippen LogP) is 2.34. The number of benzene rings is 1. The topological polar surface area (TPSA) is 45.2 Å². The molecule has 0 unspecified atom stereocenters. The van der Waals surface area contributed by atoms with Crippen LogP contribution in [0.1, 0.15) is 5.69 Å². The lowest BCUT2D eigenvalue weighted by molar-refractivity contribution is -0.113. The fraction of sp³-hybridized carbons (Fsp3) is 0. The summed E-state index contributed by atoms with van der Waals surface area (Å²) in [4.78, 5) is 18.0. The molecular weight excluding hydrogens is 270 g/mol. The minimum atomic E-state index is -0.174. The highest BCUT2D eigenvalue weighted by Gasteiger charge is 2.31. The molecule has 2 aromatic rings. The van der Waals surface area contributed by atoms with Crippen LogP contribution in [0.3, 0.4) is 0 Å². The van der Waals surface area contributed by atoms with Crippen molar-refractivity contribution in [3.63, 3.8) is 0 Å². The van der Waals surface area contributed by atoms with Crippen LogP contribution in [0.4, 0.5) is 5.69 Å². The Kier molecular flexibility index (Phi) is 3.26. The van der Waals surface area contributed by atoms with E-state index in [1.807, 2.05) is 48.5 Å². The molecule has 0 bridgehead atoms. The van der Waals surface area contributed by atoms with Crippen molar-refractivity contribution in [3.8, 4) is 0 Å². The molecule has 0 atom stereocenters. The van der Waals surface area contributed by atoms with Gasteiger partial charge in [-0.3, -0.25) is 14.7 Å². The van der Waals surface area contributed by atoms with Crippen molar-refractivity contribution in [2.75, 3.05) is 4.90 Å². The smallest absolute Gasteiger partial charge is 0.281 e. The summed E-state index contributed by atoms with van der Waals surface area (Å²) in [7, 11) is 0. The number of hydrogen-bond donors (Lipinski definition) is 1. The van der Waals surface area contributed by atoms with Crippen LogP contribution in [-0.2, 0) is 4.79 Å². The highest BCUT2D eigenvalue weighted by molar-refractivity contribution is 7.80. The number of aromatic nitrogens is 1. The molecule has 1 saturated heterocycles. The SMILES string of the molecule is O=C1/C(=C/c2ccccn2)NC(=S)N1c1ccccc1. The van der Waals surface area contributed by atoms with Crippen LogP contribution < -0.4 is 10.2 Å². The number of carbonyl (C=O) groups excluding carboxylic acids is 1. The van der Waals surface area contributed by atoms with E-state index in [1.165, 1.54) is 4.90 Å². The van der Waals surface area contributed by atoms with Crippen LogP contribution in [0.2, 0.25) is 0 Å². The summed E-state index contributed by atoms with van der Waals surface area (Å²) in [5, 5.41) is 3.31. The molecular formula is C15H11N3OS. The number of thiocarbonyl (C=S) groups is 1. The molecule has 3 rings (SSSR count). The monoisotopic (exact) mass is 281 g/mol. The van der Waals surface area contributed by atoms with E-state index in [1.54, 1.807) is 12.3 Å². The summed E-state index contributed by atoms with van der Waals surface area (Å²) in [5.41, 5.74) is 1.89. The van der Waals surface area contributed by atoms with Crippen molar-refractivity contribution in [3.05, 3.63) is 66.1 Å². The van der Waals surface area contributed by atoms with Crippen molar-refractivity contribution in [2.45, 2.75) is 0 Å². The van der Waals surface area contributed by atoms with E-state index in [9.17, 15) is 4.79 Å². The van der Waals surface area contributed by atoms with Crippen molar-refractivity contribution in [1.29, 1.82) is 0 Å². The molecule has 1 amide bonds. The van der Waals surface area contributed by atoms with Crippen LogP contribution in [0.5, 0.6) is 0 Å². The molecule has 1 N–H and O–H groups in total. The molecule has 1 aliphatic rings. The third kappa shape index (κ3) is 2.31. The summed E-state index contributed by atoms with van der Waals surface area (Å²) < 4.78 is 0. The average Bonchev–Trinajstić information content (AvgIpc) is 2.75. The minimum Gasteiger partial charge on any atom is -0.327 e. The van der Waals surface area contributed by atoms with Crippen LogP contribution in [0, 0.1) is 0 Å². The van der Waals surface area contributed by atoms with Gasteiger partial charge >= 0.3 is 0 Å². The van der Waals surface area contributed by atoms with Crippen LogP contribution >= 0.6 is 12.2 Å². The van der Waals surface area contributed by atoms with Gasteiger partial charge in [-0.05, 0) is 42.6 Å². The van der Waals surface area contributed by atoms with Crippen molar-refractivity contribution in [2.24, 2.45) is 0 Å². The first kappa shape index (κ1) is 12.5. The maximum Gasteiger partial charge on any atom is 0.281 e. The Hall–Kier alpha value is -2.53. The molecule has 1 aromatic carbocycles. The predicted molar refractivity (Wildman–Crippen MR) is 81.9 cm³/mol. The summed E-state index contributed by atoms with van der Waals surface area (Å²) in [5.74, 6) is -0.174. The number of amides is 1. The highest BCUT2D eigenvalue weighted by Crippen LogP contribution is 2.21. The first-order valence-electron chi connectivity index (χ1n) is 6.09. The second-order valence-electron chi connectivity index (χ2n) is 4.22. The lowest BCUT2D eigenvalue weighted by Gasteiger charge is -2.13. The van der Waals surface area contributed by atoms with Gasteiger partial charge in [0, 0.05) is 6.20 Å². The van der Waals surface area contributed by atoms with Gasteiger partial charge in [0.1, 0.15) is 5.70 Å². The molecule has 2 heterocycles. The average molecular weight is 281 g/mol. The molecule has 4 nitrogen and oxygen atoms in total. The van der Waals surface area contributed by atoms with E-state index >= 15 is 0 Å². The summed E-state index contributed by atoms with van der Waals surface area (Å²) >= 11 is 5.23. The van der Waals surface area contributed by atoms with Crippen LogP contribution in [0.25, 0.3) is 6.08 Å². The van der Waals surface area contributed by atoms with Gasteiger partial charge < -0.3 is 5.32 Å². The standard InChI is InChI=1S/C15H11N3OS/c19-14-13(10-11-6-4-5-9-16-11)17-15(20)18(14)12-7-2-1-3-8-12/h1-10H,(H,17,20)/b13-10-. The van der Waals surface area contributed by atoms with E-state index in [0.29, 0.717) is 16.5 Å². The zero-order valence-electron chi connectivity index (χ0n) is 10.5.